The van der Waals surface area contributed by atoms with Crippen LogP contribution in [0.4, 0.5) is 5.82 Å². The van der Waals surface area contributed by atoms with Crippen molar-refractivity contribution < 1.29 is 9.90 Å². The Morgan fingerprint density at radius 3 is 2.76 bits per heavy atom. The number of aromatic carboxylic acids is 1. The molecule has 4 rings (SSSR count). The molecule has 1 fully saturated rings. The van der Waals surface area contributed by atoms with E-state index in [1.54, 1.807) is 11.6 Å². The minimum absolute atomic E-state index is 0.0222. The van der Waals surface area contributed by atoms with Crippen LogP contribution in [0.3, 0.4) is 0 Å². The topological polar surface area (TPSA) is 113 Å². The van der Waals surface area contributed by atoms with Gasteiger partial charge in [0.1, 0.15) is 11.4 Å². The van der Waals surface area contributed by atoms with Gasteiger partial charge < -0.3 is 15.3 Å². The number of carbonyl (C=O) groups is 1. The van der Waals surface area contributed by atoms with Gasteiger partial charge in [-0.25, -0.2) is 19.7 Å². The number of anilines is 1. The van der Waals surface area contributed by atoms with Crippen LogP contribution in [0.15, 0.2) is 28.8 Å². The predicted octanol–water partition coefficient (Wildman–Crippen LogP) is 0.345. The number of nitrogens with one attached hydrogen (secondary N) is 1. The number of nitrogens with zero attached hydrogens (tertiary/aromatic N) is 5. The lowest BCUT2D eigenvalue weighted by Crippen LogP contribution is -2.44. The molecule has 0 unspecified atom stereocenters. The molecule has 0 atom stereocenters. The summed E-state index contributed by atoms with van der Waals surface area (Å²) in [5.74, 6) is -0.646. The highest BCUT2D eigenvalue weighted by Gasteiger charge is 2.20. The molecule has 9 nitrogen and oxygen atoms in total. The van der Waals surface area contributed by atoms with Gasteiger partial charge >= 0.3 is 5.97 Å². The van der Waals surface area contributed by atoms with Crippen molar-refractivity contribution in [2.45, 2.75) is 0 Å². The van der Waals surface area contributed by atoms with Crippen LogP contribution in [-0.4, -0.2) is 56.8 Å². The third-order valence-corrected chi connectivity index (χ3v) is 4.75. The van der Waals surface area contributed by atoms with Crippen molar-refractivity contribution in [3.8, 4) is 5.13 Å². The summed E-state index contributed by atoms with van der Waals surface area (Å²) in [6.07, 6.45) is 4.40. The summed E-state index contributed by atoms with van der Waals surface area (Å²) in [7, 11) is 0. The van der Waals surface area contributed by atoms with E-state index in [0.717, 1.165) is 26.2 Å². The molecule has 0 aromatic carbocycles. The molecular formula is C15H14N6O3S. The maximum atomic E-state index is 12.4. The Kier molecular flexibility index (Phi) is 3.90. The normalized spacial score (nSPS) is 14.8. The van der Waals surface area contributed by atoms with E-state index in [0.29, 0.717) is 16.6 Å². The fourth-order valence-corrected chi connectivity index (χ4v) is 3.37. The van der Waals surface area contributed by atoms with Crippen molar-refractivity contribution in [3.05, 3.63) is 39.8 Å². The predicted molar refractivity (Wildman–Crippen MR) is 92.8 cm³/mol. The molecule has 0 aliphatic carbocycles. The maximum absolute atomic E-state index is 12.4. The molecule has 2 N–H and O–H groups in total. The number of thiazole rings is 1. The number of carboxylic acid groups (broad SMARTS) is 1. The monoisotopic (exact) mass is 358 g/mol. The number of aromatic nitrogens is 4. The molecule has 0 bridgehead atoms. The van der Waals surface area contributed by atoms with Crippen LogP contribution in [0.5, 0.6) is 0 Å². The summed E-state index contributed by atoms with van der Waals surface area (Å²) in [4.78, 5) is 38.9. The lowest BCUT2D eigenvalue weighted by molar-refractivity contribution is 0.0695. The second-order valence-electron chi connectivity index (χ2n) is 5.50. The highest BCUT2D eigenvalue weighted by atomic mass is 32.1. The van der Waals surface area contributed by atoms with Crippen molar-refractivity contribution >= 4 is 34.3 Å². The van der Waals surface area contributed by atoms with E-state index in [2.05, 4.69) is 25.2 Å². The first-order valence-corrected chi connectivity index (χ1v) is 8.54. The molecule has 4 heterocycles. The fourth-order valence-electron chi connectivity index (χ4n) is 2.75. The molecule has 128 valence electrons. The van der Waals surface area contributed by atoms with E-state index in [4.69, 9.17) is 0 Å². The van der Waals surface area contributed by atoms with Crippen LogP contribution in [0, 0.1) is 0 Å². The average Bonchev–Trinajstić information content (AvgIpc) is 3.16. The molecule has 1 saturated heterocycles. The molecular weight excluding hydrogens is 344 g/mol. The second kappa shape index (κ2) is 6.22. The summed E-state index contributed by atoms with van der Waals surface area (Å²) in [5.41, 5.74) is -0.670. The Hall–Kier alpha value is -2.85. The van der Waals surface area contributed by atoms with Crippen LogP contribution in [-0.2, 0) is 0 Å². The minimum Gasteiger partial charge on any atom is -0.477 e. The Morgan fingerprint density at radius 1 is 1.28 bits per heavy atom. The quantitative estimate of drug-likeness (QED) is 0.689. The van der Waals surface area contributed by atoms with Crippen molar-refractivity contribution in [3.63, 3.8) is 0 Å². The minimum atomic E-state index is -1.30. The van der Waals surface area contributed by atoms with Gasteiger partial charge in [-0.05, 0) is 0 Å². The van der Waals surface area contributed by atoms with Crippen LogP contribution in [0.2, 0.25) is 0 Å². The van der Waals surface area contributed by atoms with E-state index in [9.17, 15) is 14.7 Å². The number of hydrogen-bond donors (Lipinski definition) is 2. The van der Waals surface area contributed by atoms with Gasteiger partial charge in [0.05, 0.1) is 6.20 Å². The molecule has 1 aliphatic rings. The van der Waals surface area contributed by atoms with Crippen molar-refractivity contribution in [1.82, 2.24) is 24.8 Å². The third kappa shape index (κ3) is 2.75. The van der Waals surface area contributed by atoms with Crippen molar-refractivity contribution in [2.24, 2.45) is 0 Å². The zero-order valence-corrected chi connectivity index (χ0v) is 13.9. The van der Waals surface area contributed by atoms with Gasteiger partial charge in [0.25, 0.3) is 0 Å². The summed E-state index contributed by atoms with van der Waals surface area (Å²) in [6, 6.07) is 0. The smallest absolute Gasteiger partial charge is 0.341 e. The average molecular weight is 358 g/mol. The van der Waals surface area contributed by atoms with Crippen LogP contribution < -0.4 is 15.6 Å². The van der Waals surface area contributed by atoms with E-state index in [1.807, 2.05) is 0 Å². The number of rotatable bonds is 3. The molecule has 0 amide bonds. The summed E-state index contributed by atoms with van der Waals surface area (Å²) in [6.45, 7) is 3.26. The highest BCUT2D eigenvalue weighted by Crippen LogP contribution is 2.20. The lowest BCUT2D eigenvalue weighted by Gasteiger charge is -2.28. The fraction of sp³-hybridized carbons (Fsp3) is 0.267. The van der Waals surface area contributed by atoms with Gasteiger partial charge in [0, 0.05) is 44.0 Å². The van der Waals surface area contributed by atoms with Crippen molar-refractivity contribution in [2.75, 3.05) is 31.1 Å². The number of pyridine rings is 1. The number of hydrogen-bond acceptors (Lipinski definition) is 8. The van der Waals surface area contributed by atoms with E-state index in [-0.39, 0.29) is 11.1 Å². The molecule has 3 aromatic rings. The largest absolute Gasteiger partial charge is 0.477 e. The standard InChI is InChI=1S/C15H14N6O3S/c22-12-9(14(23)24)8-21(15-17-3-6-25-15)13-11(12)18-7-10(19-13)20-4-1-16-2-5-20/h3,6-8,16H,1-2,4-5H2,(H,23,24). The van der Waals surface area contributed by atoms with Gasteiger partial charge in [-0.1, -0.05) is 0 Å². The zero-order valence-electron chi connectivity index (χ0n) is 13.0. The van der Waals surface area contributed by atoms with Gasteiger partial charge in [-0.3, -0.25) is 9.36 Å². The summed E-state index contributed by atoms with van der Waals surface area (Å²) >= 11 is 1.32. The first kappa shape index (κ1) is 15.7. The SMILES string of the molecule is O=C(O)c1cn(-c2nccs2)c2nc(N3CCNCC3)cnc2c1=O. The summed E-state index contributed by atoms with van der Waals surface area (Å²) in [5, 5.41) is 14.9. The molecule has 0 radical (unpaired) electrons. The van der Waals surface area contributed by atoms with Gasteiger partial charge in [-0.2, -0.15) is 0 Å². The van der Waals surface area contributed by atoms with Gasteiger partial charge in [0.15, 0.2) is 16.3 Å². The van der Waals surface area contributed by atoms with Gasteiger partial charge in [-0.15, -0.1) is 11.3 Å². The van der Waals surface area contributed by atoms with E-state index in [1.165, 1.54) is 28.3 Å². The van der Waals surface area contributed by atoms with Crippen LogP contribution in [0.25, 0.3) is 16.3 Å². The van der Waals surface area contributed by atoms with E-state index < -0.39 is 11.4 Å². The summed E-state index contributed by atoms with van der Waals surface area (Å²) < 4.78 is 1.52. The molecule has 10 heteroatoms. The van der Waals surface area contributed by atoms with Crippen LogP contribution in [0.1, 0.15) is 10.4 Å². The maximum Gasteiger partial charge on any atom is 0.341 e. The Bertz CT molecular complexity index is 994. The first-order valence-electron chi connectivity index (χ1n) is 7.66. The van der Waals surface area contributed by atoms with Gasteiger partial charge in [0.2, 0.25) is 5.43 Å². The number of piperazine rings is 1. The van der Waals surface area contributed by atoms with Crippen LogP contribution >= 0.6 is 11.3 Å². The van der Waals surface area contributed by atoms with E-state index >= 15 is 0 Å². The number of carboxylic acids is 1. The Balaban J connectivity index is 1.96. The molecule has 0 spiro atoms. The molecule has 3 aromatic heterocycles. The molecule has 0 saturated carbocycles. The Labute approximate surface area is 145 Å². The number of fused-ring (bicyclic) bond motifs is 1. The first-order chi connectivity index (χ1) is 12.1. The highest BCUT2D eigenvalue weighted by molar-refractivity contribution is 7.12. The van der Waals surface area contributed by atoms with Crippen molar-refractivity contribution in [1.29, 1.82) is 0 Å². The zero-order chi connectivity index (χ0) is 17.4. The molecule has 1 aliphatic heterocycles. The molecule has 25 heavy (non-hydrogen) atoms. The Morgan fingerprint density at radius 2 is 2.08 bits per heavy atom. The third-order valence-electron chi connectivity index (χ3n) is 3.98. The lowest BCUT2D eigenvalue weighted by atomic mass is 10.2. The second-order valence-corrected chi connectivity index (χ2v) is 6.37.